The van der Waals surface area contributed by atoms with E-state index in [0.717, 1.165) is 109 Å². The zero-order valence-electron chi connectivity index (χ0n) is 72.0. The first-order valence-corrected chi connectivity index (χ1v) is 46.6. The Morgan fingerprint density at radius 1 is 0.322 bits per heavy atom. The largest absolute Gasteiger partial charge is 0.394 e. The summed E-state index contributed by atoms with van der Waals surface area (Å²) in [4.78, 5) is 13.6. The van der Waals surface area contributed by atoms with Crippen LogP contribution >= 0.6 is 0 Å². The summed E-state index contributed by atoms with van der Waals surface area (Å²) < 4.78 is 34.6. The molecule has 666 valence electrons. The van der Waals surface area contributed by atoms with E-state index in [2.05, 4.69) is 129 Å². The van der Waals surface area contributed by atoms with Crippen LogP contribution in [0.1, 0.15) is 361 Å². The van der Waals surface area contributed by atoms with E-state index in [9.17, 15) is 61.0 Å². The highest BCUT2D eigenvalue weighted by atomic mass is 16.8. The van der Waals surface area contributed by atoms with Crippen molar-refractivity contribution in [2.45, 2.75) is 465 Å². The number of amides is 1. The molecular formula is C96H169NO18. The molecule has 3 fully saturated rings. The van der Waals surface area contributed by atoms with Gasteiger partial charge in [0.05, 0.1) is 38.6 Å². The second kappa shape index (κ2) is 74.3. The van der Waals surface area contributed by atoms with E-state index >= 15 is 0 Å². The Hall–Kier alpha value is -3.55. The smallest absolute Gasteiger partial charge is 0.220 e. The lowest BCUT2D eigenvalue weighted by Gasteiger charge is -2.48. The highest BCUT2D eigenvalue weighted by Crippen LogP contribution is 2.34. The zero-order chi connectivity index (χ0) is 83.1. The Balaban J connectivity index is 1.31. The number of aliphatic hydroxyl groups excluding tert-OH is 11. The van der Waals surface area contributed by atoms with Crippen molar-refractivity contribution in [2.24, 2.45) is 0 Å². The SMILES string of the molecule is CC/C=C\C/C=C\C/C=C\C/C=C\C/C=C\C/C=C\C/C=C\C/C=C\C/C=C\CCCCCCCCCCCCCCCC(=O)NC(COC1OC(CO)C(OC2OC(CO)C(OC3OC(CO)C(O)C(O)C3O)C(O)C2O)C(O)C1O)C(O)CCCCCCCCCCCCCCCCCCCCCCCCCCCCCCC. The zero-order valence-corrected chi connectivity index (χ0v) is 72.0. The van der Waals surface area contributed by atoms with Crippen LogP contribution in [0.5, 0.6) is 0 Å². The maximum absolute atomic E-state index is 13.6. The first-order valence-electron chi connectivity index (χ1n) is 46.6. The molecule has 1 amide bonds. The van der Waals surface area contributed by atoms with Gasteiger partial charge in [0.2, 0.25) is 5.91 Å². The molecule has 17 atom stereocenters. The monoisotopic (exact) mass is 1620 g/mol. The molecule has 0 aromatic carbocycles. The van der Waals surface area contributed by atoms with E-state index in [0.29, 0.717) is 12.8 Å². The number of hydrogen-bond donors (Lipinski definition) is 12. The Kier molecular flexibility index (Phi) is 68.2. The summed E-state index contributed by atoms with van der Waals surface area (Å²) in [5, 5.41) is 121. The van der Waals surface area contributed by atoms with Crippen LogP contribution in [0, 0.1) is 0 Å². The summed E-state index contributed by atoms with van der Waals surface area (Å²) in [5.74, 6) is -0.243. The summed E-state index contributed by atoms with van der Waals surface area (Å²) in [6.07, 6.45) is 77.6. The topological polar surface area (TPSA) is 307 Å². The fourth-order valence-corrected chi connectivity index (χ4v) is 15.3. The van der Waals surface area contributed by atoms with Gasteiger partial charge in [-0.1, -0.05) is 380 Å². The van der Waals surface area contributed by atoms with E-state index in [4.69, 9.17) is 28.4 Å². The van der Waals surface area contributed by atoms with Crippen molar-refractivity contribution >= 4 is 5.91 Å². The molecule has 19 nitrogen and oxygen atoms in total. The quantitative estimate of drug-likeness (QED) is 0.0199. The third-order valence-corrected chi connectivity index (χ3v) is 22.6. The average molecular weight is 1630 g/mol. The number of hydrogen-bond acceptors (Lipinski definition) is 18. The highest BCUT2D eigenvalue weighted by molar-refractivity contribution is 5.76. The van der Waals surface area contributed by atoms with Crippen molar-refractivity contribution in [3.05, 3.63) is 109 Å². The molecule has 17 unspecified atom stereocenters. The molecule has 19 heteroatoms. The maximum atomic E-state index is 13.6. The first kappa shape index (κ1) is 106. The third-order valence-electron chi connectivity index (χ3n) is 22.6. The van der Waals surface area contributed by atoms with E-state index < -0.39 is 124 Å². The second-order valence-electron chi connectivity index (χ2n) is 32.7. The molecule has 3 aliphatic heterocycles. The molecule has 0 spiro atoms. The van der Waals surface area contributed by atoms with Gasteiger partial charge in [0.15, 0.2) is 18.9 Å². The molecule has 0 radical (unpaired) electrons. The van der Waals surface area contributed by atoms with Crippen molar-refractivity contribution in [1.29, 1.82) is 0 Å². The predicted molar refractivity (Wildman–Crippen MR) is 466 cm³/mol. The minimum Gasteiger partial charge on any atom is -0.394 e. The van der Waals surface area contributed by atoms with Crippen LogP contribution in [0.25, 0.3) is 0 Å². The summed E-state index contributed by atoms with van der Waals surface area (Å²) >= 11 is 0. The van der Waals surface area contributed by atoms with Gasteiger partial charge in [0, 0.05) is 6.42 Å². The molecule has 0 bridgehead atoms. The fraction of sp³-hybridized carbons (Fsp3) is 0.802. The van der Waals surface area contributed by atoms with E-state index in [1.807, 2.05) is 0 Å². The minimum atomic E-state index is -1.98. The molecule has 3 saturated heterocycles. The Morgan fingerprint density at radius 2 is 0.600 bits per heavy atom. The van der Waals surface area contributed by atoms with E-state index in [1.165, 1.54) is 218 Å². The molecule has 115 heavy (non-hydrogen) atoms. The van der Waals surface area contributed by atoms with Crippen LogP contribution in [0.15, 0.2) is 109 Å². The number of carbonyl (C=O) groups is 1. The van der Waals surface area contributed by atoms with Gasteiger partial charge in [0.1, 0.15) is 73.2 Å². The average Bonchev–Trinajstić information content (AvgIpc) is 0.778. The highest BCUT2D eigenvalue weighted by Gasteiger charge is 2.54. The van der Waals surface area contributed by atoms with Crippen molar-refractivity contribution < 1.29 is 89.4 Å². The Labute approximate surface area is 697 Å². The summed E-state index contributed by atoms with van der Waals surface area (Å²) in [5.41, 5.74) is 0. The number of ether oxygens (including phenoxy) is 6. The van der Waals surface area contributed by atoms with Gasteiger partial charge in [-0.3, -0.25) is 4.79 Å². The summed E-state index contributed by atoms with van der Waals surface area (Å²) in [6, 6.07) is -0.896. The number of unbranched alkanes of at least 4 members (excludes halogenated alkanes) is 41. The number of allylic oxidation sites excluding steroid dienone is 18. The molecule has 3 heterocycles. The molecule has 0 aromatic rings. The molecular weight excluding hydrogens is 1460 g/mol. The lowest BCUT2D eigenvalue weighted by Crippen LogP contribution is -2.66. The lowest BCUT2D eigenvalue weighted by molar-refractivity contribution is -0.379. The fourth-order valence-electron chi connectivity index (χ4n) is 15.3. The molecule has 3 aliphatic rings. The summed E-state index contributed by atoms with van der Waals surface area (Å²) in [6.45, 7) is 1.73. The van der Waals surface area contributed by atoms with Gasteiger partial charge in [-0.15, -0.1) is 0 Å². The molecule has 0 aromatic heterocycles. The Bertz CT molecular complexity index is 2500. The molecule has 0 aliphatic carbocycles. The van der Waals surface area contributed by atoms with Gasteiger partial charge in [-0.2, -0.15) is 0 Å². The van der Waals surface area contributed by atoms with Gasteiger partial charge in [-0.25, -0.2) is 0 Å². The van der Waals surface area contributed by atoms with Crippen molar-refractivity contribution in [3.63, 3.8) is 0 Å². The van der Waals surface area contributed by atoms with Crippen molar-refractivity contribution in [2.75, 3.05) is 26.4 Å². The summed E-state index contributed by atoms with van der Waals surface area (Å²) in [7, 11) is 0. The Morgan fingerprint density at radius 3 is 0.939 bits per heavy atom. The van der Waals surface area contributed by atoms with Crippen molar-refractivity contribution in [3.8, 4) is 0 Å². The second-order valence-corrected chi connectivity index (χ2v) is 32.7. The number of rotatable bonds is 75. The predicted octanol–water partition coefficient (Wildman–Crippen LogP) is 18.4. The maximum Gasteiger partial charge on any atom is 0.220 e. The van der Waals surface area contributed by atoms with Crippen LogP contribution in [0.3, 0.4) is 0 Å². The third kappa shape index (κ3) is 52.4. The van der Waals surface area contributed by atoms with Crippen LogP contribution in [-0.4, -0.2) is 193 Å². The van der Waals surface area contributed by atoms with Gasteiger partial charge in [0.25, 0.3) is 0 Å². The standard InChI is InChI=1S/C96H169NO18/c1-3-5-7-9-11-13-15-17-19-21-23-25-27-29-31-33-34-35-36-37-38-39-40-41-42-43-44-46-48-50-52-54-56-58-60-62-64-66-68-70-72-74-84(102)97-79(80(101)73-71-69-67-65-63-61-59-57-55-53-51-49-47-45-32-30-28-26-24-22-20-18-16-14-12-10-8-6-4-2)78-110-94-90(108)87(105)92(82(76-99)112-94)115-96-91(109)88(106)93(83(77-100)113-96)114-95-89(107)86(104)85(103)81(75-98)111-95/h5,7,11,13,17,19,23,25,29,31,34-35,37-38,40-41,43-44,79-83,85-96,98-101,103-109H,3-4,6,8-10,12,14-16,18,20-22,24,26-28,30,32-33,36,39,42,45-78H2,1-2H3,(H,97,102)/b7-5-,13-11-,19-17-,25-23-,31-29-,35-34-,38-37-,41-40-,44-43-. The van der Waals surface area contributed by atoms with Crippen LogP contribution in [-0.2, 0) is 33.2 Å². The van der Waals surface area contributed by atoms with Gasteiger partial charge in [-0.05, 0) is 83.5 Å². The lowest BCUT2D eigenvalue weighted by atomic mass is 9.96. The molecule has 3 rings (SSSR count). The number of aliphatic hydroxyl groups is 11. The van der Waals surface area contributed by atoms with Crippen LogP contribution in [0.4, 0.5) is 0 Å². The molecule has 12 N–H and O–H groups in total. The normalized spacial score (nSPS) is 25.1. The van der Waals surface area contributed by atoms with Gasteiger partial charge >= 0.3 is 0 Å². The van der Waals surface area contributed by atoms with Gasteiger partial charge < -0.3 is 89.9 Å². The molecule has 0 saturated carbocycles. The van der Waals surface area contributed by atoms with Crippen LogP contribution < -0.4 is 5.32 Å². The minimum absolute atomic E-state index is 0.243. The number of nitrogens with one attached hydrogen (secondary N) is 1. The van der Waals surface area contributed by atoms with Crippen molar-refractivity contribution in [1.82, 2.24) is 5.32 Å². The van der Waals surface area contributed by atoms with Crippen LogP contribution in [0.2, 0.25) is 0 Å². The first-order chi connectivity index (χ1) is 56.3. The van der Waals surface area contributed by atoms with E-state index in [1.54, 1.807) is 0 Å². The number of carbonyl (C=O) groups excluding carboxylic acids is 1. The van der Waals surface area contributed by atoms with E-state index in [-0.39, 0.29) is 18.9 Å².